The molecule has 1 aliphatic heterocycles. The van der Waals surface area contributed by atoms with Crippen LogP contribution in [0.4, 0.5) is 0 Å². The minimum absolute atomic E-state index is 0.432. The lowest BCUT2D eigenvalue weighted by molar-refractivity contribution is -0.248. The zero-order valence-corrected chi connectivity index (χ0v) is 5.81. The summed E-state index contributed by atoms with van der Waals surface area (Å²) in [6.07, 6.45) is 1.73. The number of hydrogen-bond donors (Lipinski definition) is 1. The first-order valence-corrected chi connectivity index (χ1v) is 3.21. The molecule has 0 aromatic heterocycles. The van der Waals surface area contributed by atoms with E-state index in [2.05, 4.69) is 24.1 Å². The molecular formula is C6H12NO2. The Balaban J connectivity index is 2.11. The van der Waals surface area contributed by atoms with E-state index in [1.54, 1.807) is 0 Å². The molecule has 1 N–H and O–H groups in total. The van der Waals surface area contributed by atoms with Gasteiger partial charge in [0.25, 0.3) is 0 Å². The van der Waals surface area contributed by atoms with Crippen molar-refractivity contribution in [3.63, 3.8) is 0 Å². The lowest BCUT2D eigenvalue weighted by atomic mass is 10.3. The largest absolute Gasteiger partial charge is 0.281 e. The molecule has 0 bridgehead atoms. The van der Waals surface area contributed by atoms with Crippen LogP contribution in [0, 0.1) is 6.23 Å². The van der Waals surface area contributed by atoms with E-state index < -0.39 is 0 Å². The predicted octanol–water partition coefficient (Wildman–Crippen LogP) is 0.826. The molecule has 0 unspecified atom stereocenters. The Morgan fingerprint density at radius 2 is 2.33 bits per heavy atom. The van der Waals surface area contributed by atoms with Gasteiger partial charge in [0, 0.05) is 12.5 Å². The molecule has 3 heteroatoms. The molecule has 0 aromatic carbocycles. The molecule has 0 saturated carbocycles. The Hall–Kier alpha value is -0.120. The van der Waals surface area contributed by atoms with Crippen LogP contribution in [0.2, 0.25) is 0 Å². The lowest BCUT2D eigenvalue weighted by Gasteiger charge is -2.10. The topological polar surface area (TPSA) is 30.5 Å². The summed E-state index contributed by atoms with van der Waals surface area (Å²) in [5.74, 6) is 0. The van der Waals surface area contributed by atoms with E-state index in [1.807, 2.05) is 0 Å². The third kappa shape index (κ3) is 2.30. The van der Waals surface area contributed by atoms with Crippen molar-refractivity contribution < 1.29 is 9.78 Å². The summed E-state index contributed by atoms with van der Waals surface area (Å²) >= 11 is 0. The molecule has 0 amide bonds. The van der Waals surface area contributed by atoms with Gasteiger partial charge in [-0.3, -0.25) is 5.32 Å². The molecule has 3 nitrogen and oxygen atoms in total. The van der Waals surface area contributed by atoms with Gasteiger partial charge in [0.1, 0.15) is 0 Å². The van der Waals surface area contributed by atoms with Crippen molar-refractivity contribution in [1.82, 2.24) is 5.32 Å². The minimum Gasteiger partial charge on any atom is -0.281 e. The number of rotatable bonds is 2. The average Bonchev–Trinajstić information content (AvgIpc) is 2.15. The molecule has 0 aliphatic carbocycles. The fourth-order valence-electron chi connectivity index (χ4n) is 0.707. The molecule has 1 saturated heterocycles. The monoisotopic (exact) mass is 130 g/mol. The lowest BCUT2D eigenvalue weighted by Crippen LogP contribution is -2.27. The Morgan fingerprint density at radius 1 is 1.56 bits per heavy atom. The summed E-state index contributed by atoms with van der Waals surface area (Å²) in [6, 6.07) is 0.432. The van der Waals surface area contributed by atoms with Crippen molar-refractivity contribution in [2.75, 3.05) is 6.61 Å². The van der Waals surface area contributed by atoms with Crippen molar-refractivity contribution in [3.8, 4) is 0 Å². The predicted molar refractivity (Wildman–Crippen MR) is 33.2 cm³/mol. The highest BCUT2D eigenvalue weighted by Gasteiger charge is 2.18. The van der Waals surface area contributed by atoms with Crippen LogP contribution in [0.5, 0.6) is 0 Å². The van der Waals surface area contributed by atoms with Gasteiger partial charge in [0.15, 0.2) is 0 Å². The van der Waals surface area contributed by atoms with Crippen LogP contribution in [-0.2, 0) is 9.78 Å². The highest BCUT2D eigenvalue weighted by molar-refractivity contribution is 4.77. The van der Waals surface area contributed by atoms with E-state index in [0.717, 1.165) is 12.6 Å². The Bertz CT molecular complexity index is 79.1. The van der Waals surface area contributed by atoms with Gasteiger partial charge in [0.05, 0.1) is 6.61 Å². The SMILES string of the molecule is CC(C)N[C]1CCOO1. The Kier molecular flexibility index (Phi) is 2.45. The number of hydrogen-bond acceptors (Lipinski definition) is 3. The van der Waals surface area contributed by atoms with Crippen molar-refractivity contribution in [2.45, 2.75) is 26.3 Å². The van der Waals surface area contributed by atoms with Crippen LogP contribution < -0.4 is 5.32 Å². The van der Waals surface area contributed by atoms with Gasteiger partial charge in [0.2, 0.25) is 6.23 Å². The van der Waals surface area contributed by atoms with Gasteiger partial charge >= 0.3 is 0 Å². The zero-order valence-electron chi connectivity index (χ0n) is 5.81. The highest BCUT2D eigenvalue weighted by Crippen LogP contribution is 2.13. The molecule has 53 valence electrons. The van der Waals surface area contributed by atoms with Gasteiger partial charge in [-0.1, -0.05) is 0 Å². The first kappa shape index (κ1) is 6.99. The highest BCUT2D eigenvalue weighted by atomic mass is 17.2. The maximum absolute atomic E-state index is 4.77. The van der Waals surface area contributed by atoms with E-state index in [-0.39, 0.29) is 0 Å². The molecule has 1 heterocycles. The summed E-state index contributed by atoms with van der Waals surface area (Å²) in [7, 11) is 0. The summed E-state index contributed by atoms with van der Waals surface area (Å²) in [5.41, 5.74) is 0. The molecular weight excluding hydrogens is 118 g/mol. The fraction of sp³-hybridized carbons (Fsp3) is 0.833. The van der Waals surface area contributed by atoms with E-state index in [1.165, 1.54) is 0 Å². The molecule has 1 aliphatic rings. The fourth-order valence-corrected chi connectivity index (χ4v) is 0.707. The van der Waals surface area contributed by atoms with E-state index in [4.69, 9.17) is 4.89 Å². The first-order valence-electron chi connectivity index (χ1n) is 3.21. The van der Waals surface area contributed by atoms with Gasteiger partial charge in [-0.15, -0.1) is 0 Å². The average molecular weight is 130 g/mol. The molecule has 1 fully saturated rings. The van der Waals surface area contributed by atoms with Gasteiger partial charge < -0.3 is 0 Å². The van der Waals surface area contributed by atoms with Crippen LogP contribution in [0.25, 0.3) is 0 Å². The first-order chi connectivity index (χ1) is 4.29. The van der Waals surface area contributed by atoms with E-state index in [9.17, 15) is 0 Å². The normalized spacial score (nSPS) is 21.7. The maximum Gasteiger partial charge on any atom is 0.202 e. The van der Waals surface area contributed by atoms with Crippen LogP contribution in [0.1, 0.15) is 20.3 Å². The third-order valence-corrected chi connectivity index (χ3v) is 1.02. The van der Waals surface area contributed by atoms with Crippen LogP contribution in [-0.4, -0.2) is 12.6 Å². The Labute approximate surface area is 55.3 Å². The smallest absolute Gasteiger partial charge is 0.202 e. The number of nitrogens with one attached hydrogen (secondary N) is 1. The molecule has 1 rings (SSSR count). The summed E-state index contributed by atoms with van der Waals surface area (Å²) in [6.45, 7) is 4.80. The van der Waals surface area contributed by atoms with Crippen LogP contribution in [0.3, 0.4) is 0 Å². The third-order valence-electron chi connectivity index (χ3n) is 1.02. The quantitative estimate of drug-likeness (QED) is 0.561. The van der Waals surface area contributed by atoms with Gasteiger partial charge in [-0.25, -0.2) is 9.78 Å². The minimum atomic E-state index is 0.432. The molecule has 1 radical (unpaired) electrons. The van der Waals surface area contributed by atoms with Crippen molar-refractivity contribution >= 4 is 0 Å². The van der Waals surface area contributed by atoms with E-state index in [0.29, 0.717) is 12.6 Å². The van der Waals surface area contributed by atoms with E-state index >= 15 is 0 Å². The van der Waals surface area contributed by atoms with Gasteiger partial charge in [-0.2, -0.15) is 0 Å². The van der Waals surface area contributed by atoms with Crippen molar-refractivity contribution in [2.24, 2.45) is 0 Å². The second-order valence-electron chi connectivity index (χ2n) is 2.38. The molecule has 9 heavy (non-hydrogen) atoms. The maximum atomic E-state index is 4.77. The standard InChI is InChI=1S/C6H12NO2/c1-5(2)7-6-3-4-8-9-6/h5,7H,3-4H2,1-2H3. The molecule has 0 spiro atoms. The van der Waals surface area contributed by atoms with Crippen LogP contribution >= 0.6 is 0 Å². The zero-order chi connectivity index (χ0) is 6.69. The molecule has 0 atom stereocenters. The van der Waals surface area contributed by atoms with Crippen molar-refractivity contribution in [3.05, 3.63) is 6.23 Å². The van der Waals surface area contributed by atoms with Crippen LogP contribution in [0.15, 0.2) is 0 Å². The summed E-state index contributed by atoms with van der Waals surface area (Å²) < 4.78 is 0. The molecule has 0 aromatic rings. The second kappa shape index (κ2) is 3.15. The van der Waals surface area contributed by atoms with Gasteiger partial charge in [-0.05, 0) is 13.8 Å². The summed E-state index contributed by atoms with van der Waals surface area (Å²) in [5, 5.41) is 3.11. The van der Waals surface area contributed by atoms with Crippen molar-refractivity contribution in [1.29, 1.82) is 0 Å². The summed E-state index contributed by atoms with van der Waals surface area (Å²) in [4.78, 5) is 9.43. The Morgan fingerprint density at radius 3 is 2.78 bits per heavy atom. The second-order valence-corrected chi connectivity index (χ2v) is 2.38.